The zero-order valence-electron chi connectivity index (χ0n) is 22.2. The molecular weight excluding hydrogens is 610 g/mol. The molecule has 15 heteroatoms. The van der Waals surface area contributed by atoms with Crippen molar-refractivity contribution in [1.29, 1.82) is 0 Å². The van der Waals surface area contributed by atoms with Crippen LogP contribution in [0.5, 0.6) is 11.5 Å². The molecular formula is C27H22ClN3O9S2. The number of carbonyl (C=O) groups excluding carboxylic acids is 3. The zero-order chi connectivity index (χ0) is 30.8. The molecule has 1 saturated heterocycles. The number of thioether (sulfide) groups is 1. The van der Waals surface area contributed by atoms with Gasteiger partial charge in [0.2, 0.25) is 5.91 Å². The number of nitro benzene ring substituents is 1. The molecule has 0 unspecified atom stereocenters. The Hall–Kier alpha value is -4.40. The largest absolute Gasteiger partial charge is 0.493 e. The van der Waals surface area contributed by atoms with Crippen molar-refractivity contribution in [3.63, 3.8) is 0 Å². The molecule has 0 bridgehead atoms. The smallest absolute Gasteiger partial charge is 0.339 e. The number of nitrogens with one attached hydrogen (secondary N) is 1. The molecule has 3 aromatic rings. The number of methoxy groups -OCH3 is 1. The first-order valence-electron chi connectivity index (χ1n) is 12.0. The fraction of sp³-hybridized carbons (Fsp3) is 0.148. The summed E-state index contributed by atoms with van der Waals surface area (Å²) in [7, 11) is -3.20. The van der Waals surface area contributed by atoms with Crippen molar-refractivity contribution in [2.24, 2.45) is 0 Å². The Labute approximate surface area is 249 Å². The SMILES string of the molecule is COc1cc(/C=C2\SC(=O)N(CC(=O)Nc3cc(Cl)ccc3C)C2=O)ccc1OS(=O)(=O)c1ccc(C)c([N+](=O)[O-])c1. The third-order valence-corrected chi connectivity index (χ3v) is 8.37. The Bertz CT molecular complexity index is 1770. The van der Waals surface area contributed by atoms with E-state index >= 15 is 0 Å². The van der Waals surface area contributed by atoms with E-state index in [0.717, 1.165) is 16.5 Å². The van der Waals surface area contributed by atoms with E-state index < -0.39 is 43.5 Å². The Morgan fingerprint density at radius 3 is 2.48 bits per heavy atom. The van der Waals surface area contributed by atoms with Gasteiger partial charge in [-0.05, 0) is 73.1 Å². The van der Waals surface area contributed by atoms with Crippen LogP contribution in [-0.4, -0.2) is 48.9 Å². The number of rotatable bonds is 9. The molecule has 218 valence electrons. The van der Waals surface area contributed by atoms with Crippen molar-refractivity contribution < 1.29 is 36.6 Å². The van der Waals surface area contributed by atoms with Crippen LogP contribution >= 0.6 is 23.4 Å². The van der Waals surface area contributed by atoms with Gasteiger partial charge in [-0.2, -0.15) is 8.42 Å². The normalized spacial score (nSPS) is 14.3. The third-order valence-electron chi connectivity index (χ3n) is 6.00. The van der Waals surface area contributed by atoms with Crippen molar-refractivity contribution in [2.75, 3.05) is 19.0 Å². The summed E-state index contributed by atoms with van der Waals surface area (Å²) in [4.78, 5) is 48.9. The van der Waals surface area contributed by atoms with Gasteiger partial charge >= 0.3 is 10.1 Å². The standard InChI is InChI=1S/C27H22ClN3O9S2/c1-15-4-7-18(28)12-20(15)29-25(32)14-30-26(33)24(41-27(30)34)11-17-6-9-22(23(10-17)39-3)40-42(37,38)19-8-5-16(2)21(13-19)31(35)36/h4-13H,14H2,1-3H3,(H,29,32)/b24-11-. The van der Waals surface area contributed by atoms with Crippen molar-refractivity contribution in [3.05, 3.63) is 91.3 Å². The van der Waals surface area contributed by atoms with Crippen LogP contribution in [0.25, 0.3) is 6.08 Å². The molecule has 42 heavy (non-hydrogen) atoms. The van der Waals surface area contributed by atoms with E-state index in [4.69, 9.17) is 20.5 Å². The maximum Gasteiger partial charge on any atom is 0.339 e. The van der Waals surface area contributed by atoms with Crippen LogP contribution in [0.3, 0.4) is 0 Å². The molecule has 1 aliphatic rings. The van der Waals surface area contributed by atoms with Gasteiger partial charge < -0.3 is 14.2 Å². The molecule has 3 amide bonds. The number of nitro groups is 1. The second-order valence-electron chi connectivity index (χ2n) is 8.93. The average Bonchev–Trinajstić information content (AvgIpc) is 3.18. The van der Waals surface area contributed by atoms with Gasteiger partial charge in [-0.1, -0.05) is 29.8 Å². The molecule has 1 fully saturated rings. The van der Waals surface area contributed by atoms with Crippen LogP contribution < -0.4 is 14.2 Å². The highest BCUT2D eigenvalue weighted by molar-refractivity contribution is 8.18. The topological polar surface area (TPSA) is 162 Å². The molecule has 0 radical (unpaired) electrons. The van der Waals surface area contributed by atoms with Gasteiger partial charge in [-0.25, -0.2) is 0 Å². The summed E-state index contributed by atoms with van der Waals surface area (Å²) in [5.41, 5.74) is 1.46. The van der Waals surface area contributed by atoms with Gasteiger partial charge in [0, 0.05) is 22.3 Å². The molecule has 0 aliphatic carbocycles. The molecule has 0 spiro atoms. The van der Waals surface area contributed by atoms with Gasteiger partial charge in [0.05, 0.1) is 16.9 Å². The van der Waals surface area contributed by atoms with Crippen LogP contribution in [0, 0.1) is 24.0 Å². The lowest BCUT2D eigenvalue weighted by molar-refractivity contribution is -0.385. The van der Waals surface area contributed by atoms with E-state index in [0.29, 0.717) is 28.0 Å². The molecule has 3 aromatic carbocycles. The highest BCUT2D eigenvalue weighted by Gasteiger charge is 2.36. The molecule has 1 N–H and O–H groups in total. The average molecular weight is 632 g/mol. The summed E-state index contributed by atoms with van der Waals surface area (Å²) in [6, 6.07) is 12.4. The Morgan fingerprint density at radius 1 is 1.07 bits per heavy atom. The summed E-state index contributed by atoms with van der Waals surface area (Å²) in [6.45, 7) is 2.73. The highest BCUT2D eigenvalue weighted by Crippen LogP contribution is 2.36. The van der Waals surface area contributed by atoms with Gasteiger partial charge in [0.25, 0.3) is 16.8 Å². The van der Waals surface area contributed by atoms with Gasteiger partial charge in [-0.15, -0.1) is 0 Å². The van der Waals surface area contributed by atoms with Gasteiger partial charge in [0.15, 0.2) is 11.5 Å². The molecule has 0 aromatic heterocycles. The second-order valence-corrected chi connectivity index (χ2v) is 11.9. The summed E-state index contributed by atoms with van der Waals surface area (Å²) < 4.78 is 36.1. The highest BCUT2D eigenvalue weighted by atomic mass is 35.5. The van der Waals surface area contributed by atoms with Crippen molar-refractivity contribution in [2.45, 2.75) is 18.7 Å². The first-order chi connectivity index (χ1) is 19.8. The van der Waals surface area contributed by atoms with E-state index in [1.54, 1.807) is 25.1 Å². The minimum absolute atomic E-state index is 0.0237. The molecule has 1 aliphatic heterocycles. The van der Waals surface area contributed by atoms with E-state index in [9.17, 15) is 32.9 Å². The molecule has 1 heterocycles. The minimum Gasteiger partial charge on any atom is -0.493 e. The number of carbonyl (C=O) groups is 3. The fourth-order valence-corrected chi connectivity index (χ4v) is 5.77. The summed E-state index contributed by atoms with van der Waals surface area (Å²) in [5, 5.41) is 13.6. The maximum atomic E-state index is 12.9. The number of halogens is 1. The number of anilines is 1. The van der Waals surface area contributed by atoms with E-state index in [1.807, 2.05) is 0 Å². The first-order valence-corrected chi connectivity index (χ1v) is 14.6. The lowest BCUT2D eigenvalue weighted by atomic mass is 10.2. The zero-order valence-corrected chi connectivity index (χ0v) is 24.6. The Morgan fingerprint density at radius 2 is 1.79 bits per heavy atom. The third kappa shape index (κ3) is 6.73. The number of ether oxygens (including phenoxy) is 1. The summed E-state index contributed by atoms with van der Waals surface area (Å²) in [6.07, 6.45) is 1.38. The quantitative estimate of drug-likeness (QED) is 0.142. The number of amides is 3. The monoisotopic (exact) mass is 631 g/mol. The number of hydrogen-bond acceptors (Lipinski definition) is 10. The number of nitrogens with zero attached hydrogens (tertiary/aromatic N) is 2. The van der Waals surface area contributed by atoms with E-state index in [1.165, 1.54) is 50.4 Å². The Balaban J connectivity index is 1.51. The fourth-order valence-electron chi connectivity index (χ4n) is 3.80. The number of hydrogen-bond donors (Lipinski definition) is 1. The maximum absolute atomic E-state index is 12.9. The molecule has 12 nitrogen and oxygen atoms in total. The van der Waals surface area contributed by atoms with Gasteiger partial charge in [0.1, 0.15) is 11.4 Å². The summed E-state index contributed by atoms with van der Waals surface area (Å²) in [5.74, 6) is -1.51. The van der Waals surface area contributed by atoms with Crippen LogP contribution in [0.1, 0.15) is 16.7 Å². The predicted molar refractivity (Wildman–Crippen MR) is 156 cm³/mol. The van der Waals surface area contributed by atoms with E-state index in [-0.39, 0.29) is 27.7 Å². The van der Waals surface area contributed by atoms with Crippen molar-refractivity contribution in [1.82, 2.24) is 4.90 Å². The van der Waals surface area contributed by atoms with Crippen LogP contribution in [0.15, 0.2) is 64.4 Å². The van der Waals surface area contributed by atoms with Crippen LogP contribution in [-0.2, 0) is 19.7 Å². The van der Waals surface area contributed by atoms with Crippen molar-refractivity contribution in [3.8, 4) is 11.5 Å². The lowest BCUT2D eigenvalue weighted by Gasteiger charge is -2.14. The minimum atomic E-state index is -4.47. The van der Waals surface area contributed by atoms with Crippen molar-refractivity contribution >= 4 is 68.0 Å². The summed E-state index contributed by atoms with van der Waals surface area (Å²) >= 11 is 6.61. The Kier molecular flexibility index (Phi) is 8.89. The van der Waals surface area contributed by atoms with Gasteiger partial charge in [-0.3, -0.25) is 29.4 Å². The second kappa shape index (κ2) is 12.2. The lowest BCUT2D eigenvalue weighted by Crippen LogP contribution is -2.36. The molecule has 4 rings (SSSR count). The predicted octanol–water partition coefficient (Wildman–Crippen LogP) is 5.32. The van der Waals surface area contributed by atoms with Crippen LogP contribution in [0.4, 0.5) is 16.2 Å². The van der Waals surface area contributed by atoms with E-state index in [2.05, 4.69) is 5.32 Å². The van der Waals surface area contributed by atoms with Crippen LogP contribution in [0.2, 0.25) is 5.02 Å². The first kappa shape index (κ1) is 30.6. The molecule has 0 atom stereocenters. The number of benzene rings is 3. The number of imide groups is 1. The number of aryl methyl sites for hydroxylation is 2. The molecule has 0 saturated carbocycles.